The predicted molar refractivity (Wildman–Crippen MR) is 102 cm³/mol. The second-order valence-electron chi connectivity index (χ2n) is 8.14. The summed E-state index contributed by atoms with van der Waals surface area (Å²) in [6.45, 7) is 0.575. The monoisotopic (exact) mass is 380 g/mol. The summed E-state index contributed by atoms with van der Waals surface area (Å²) in [5.74, 6) is 1.92. The minimum absolute atomic E-state index is 0.0151. The van der Waals surface area contributed by atoms with Crippen molar-refractivity contribution in [3.63, 3.8) is 0 Å². The average Bonchev–Trinajstić information content (AvgIpc) is 3.22. The van der Waals surface area contributed by atoms with Crippen molar-refractivity contribution in [3.8, 4) is 5.75 Å². The van der Waals surface area contributed by atoms with E-state index in [-0.39, 0.29) is 29.6 Å². The van der Waals surface area contributed by atoms with Gasteiger partial charge in [-0.05, 0) is 49.4 Å². The molecule has 146 valence electrons. The lowest BCUT2D eigenvalue weighted by Gasteiger charge is -2.55. The summed E-state index contributed by atoms with van der Waals surface area (Å²) in [6, 6.07) is 11.1. The van der Waals surface area contributed by atoms with Gasteiger partial charge in [-0.2, -0.15) is 0 Å². The first-order chi connectivity index (χ1) is 13.6. The van der Waals surface area contributed by atoms with Gasteiger partial charge in [0.2, 0.25) is 5.91 Å². The minimum atomic E-state index is -0.667. The topological polar surface area (TPSA) is 80.6 Å². The number of carbonyl (C=O) groups excluding carboxylic acids is 2. The average molecular weight is 380 g/mol. The van der Waals surface area contributed by atoms with Crippen molar-refractivity contribution in [1.82, 2.24) is 10.6 Å². The quantitative estimate of drug-likeness (QED) is 0.855. The maximum absolute atomic E-state index is 12.8. The zero-order chi connectivity index (χ0) is 19.1. The van der Waals surface area contributed by atoms with Gasteiger partial charge >= 0.3 is 0 Å². The van der Waals surface area contributed by atoms with Crippen LogP contribution in [0.4, 0.5) is 0 Å². The fourth-order valence-corrected chi connectivity index (χ4v) is 5.18. The van der Waals surface area contributed by atoms with Crippen molar-refractivity contribution in [2.24, 2.45) is 17.8 Å². The fraction of sp³-hybridized carbons (Fsp3) is 0.455. The SMILES string of the molecule is O=C1N[C@@]2(C[C@@H]3CC[C@@H]2C[C@@H]3C(=O)NCCc2ccco2)Oc2ccccc21. The van der Waals surface area contributed by atoms with E-state index < -0.39 is 5.72 Å². The summed E-state index contributed by atoms with van der Waals surface area (Å²) < 4.78 is 11.7. The number of hydrogen-bond donors (Lipinski definition) is 2. The molecule has 1 spiro atoms. The number of rotatable bonds is 4. The molecule has 3 saturated carbocycles. The third-order valence-corrected chi connectivity index (χ3v) is 6.55. The van der Waals surface area contributed by atoms with Crippen molar-refractivity contribution in [3.05, 3.63) is 54.0 Å². The molecule has 3 fully saturated rings. The van der Waals surface area contributed by atoms with E-state index in [1.807, 2.05) is 30.3 Å². The first-order valence-electron chi connectivity index (χ1n) is 10.1. The van der Waals surface area contributed by atoms with Crippen LogP contribution in [-0.2, 0) is 11.2 Å². The molecule has 1 aromatic heterocycles. The molecule has 4 aliphatic rings. The first-order valence-corrected chi connectivity index (χ1v) is 10.1. The summed E-state index contributed by atoms with van der Waals surface area (Å²) in [7, 11) is 0. The van der Waals surface area contributed by atoms with Gasteiger partial charge in [-0.1, -0.05) is 12.1 Å². The maximum Gasteiger partial charge on any atom is 0.258 e. The first kappa shape index (κ1) is 17.3. The molecule has 6 heteroatoms. The number of nitrogens with one attached hydrogen (secondary N) is 2. The van der Waals surface area contributed by atoms with Crippen LogP contribution in [0.25, 0.3) is 0 Å². The van der Waals surface area contributed by atoms with E-state index in [4.69, 9.17) is 9.15 Å². The Morgan fingerprint density at radius 3 is 2.89 bits per heavy atom. The highest BCUT2D eigenvalue weighted by Crippen LogP contribution is 2.52. The Morgan fingerprint density at radius 2 is 2.11 bits per heavy atom. The van der Waals surface area contributed by atoms with Crippen LogP contribution in [0.1, 0.15) is 41.8 Å². The van der Waals surface area contributed by atoms with Crippen molar-refractivity contribution >= 4 is 11.8 Å². The molecule has 0 radical (unpaired) electrons. The van der Waals surface area contributed by atoms with Gasteiger partial charge in [-0.25, -0.2) is 0 Å². The third kappa shape index (κ3) is 2.87. The summed E-state index contributed by atoms with van der Waals surface area (Å²) in [5.41, 5.74) is -0.0824. The number of ether oxygens (including phenoxy) is 1. The largest absolute Gasteiger partial charge is 0.469 e. The lowest BCUT2D eigenvalue weighted by atomic mass is 9.60. The number of amides is 2. The highest BCUT2D eigenvalue weighted by atomic mass is 16.5. The molecule has 6 nitrogen and oxygen atoms in total. The number of para-hydroxylation sites is 1. The molecule has 2 bridgehead atoms. The molecule has 0 unspecified atom stereocenters. The number of carbonyl (C=O) groups is 2. The Hall–Kier alpha value is -2.76. The second-order valence-corrected chi connectivity index (χ2v) is 8.14. The van der Waals surface area contributed by atoms with Crippen LogP contribution >= 0.6 is 0 Å². The molecule has 6 rings (SSSR count). The summed E-state index contributed by atoms with van der Waals surface area (Å²) in [4.78, 5) is 25.4. The normalized spacial score (nSPS) is 30.4. The lowest BCUT2D eigenvalue weighted by Crippen LogP contribution is -2.66. The van der Waals surface area contributed by atoms with Crippen molar-refractivity contribution in [1.29, 1.82) is 0 Å². The zero-order valence-corrected chi connectivity index (χ0v) is 15.6. The number of fused-ring (bicyclic) bond motifs is 3. The van der Waals surface area contributed by atoms with Gasteiger partial charge in [0.25, 0.3) is 5.91 Å². The molecular weight excluding hydrogens is 356 g/mol. The van der Waals surface area contributed by atoms with E-state index in [0.29, 0.717) is 30.7 Å². The van der Waals surface area contributed by atoms with Gasteiger partial charge in [0.05, 0.1) is 11.8 Å². The van der Waals surface area contributed by atoms with E-state index >= 15 is 0 Å². The van der Waals surface area contributed by atoms with Gasteiger partial charge < -0.3 is 19.8 Å². The molecule has 1 aliphatic heterocycles. The van der Waals surface area contributed by atoms with Gasteiger partial charge in [0, 0.05) is 31.2 Å². The van der Waals surface area contributed by atoms with Gasteiger partial charge in [-0.15, -0.1) is 0 Å². The van der Waals surface area contributed by atoms with Crippen molar-refractivity contribution < 1.29 is 18.7 Å². The smallest absolute Gasteiger partial charge is 0.258 e. The molecule has 2 amide bonds. The predicted octanol–water partition coefficient (Wildman–Crippen LogP) is 2.89. The molecule has 0 saturated heterocycles. The van der Waals surface area contributed by atoms with E-state index in [2.05, 4.69) is 10.6 Å². The number of benzene rings is 1. The Morgan fingerprint density at radius 1 is 1.21 bits per heavy atom. The molecule has 2 aromatic rings. The zero-order valence-electron chi connectivity index (χ0n) is 15.6. The number of hydrogen-bond acceptors (Lipinski definition) is 4. The molecule has 2 heterocycles. The van der Waals surface area contributed by atoms with E-state index in [1.165, 1.54) is 0 Å². The molecule has 2 N–H and O–H groups in total. The summed E-state index contributed by atoms with van der Waals surface area (Å²) in [5, 5.41) is 6.20. The second kappa shape index (κ2) is 6.69. The van der Waals surface area contributed by atoms with Crippen LogP contribution in [-0.4, -0.2) is 24.1 Å². The van der Waals surface area contributed by atoms with E-state index in [1.54, 1.807) is 12.3 Å². The molecule has 4 atom stereocenters. The van der Waals surface area contributed by atoms with Gasteiger partial charge in [0.15, 0.2) is 5.72 Å². The number of furan rings is 1. The highest BCUT2D eigenvalue weighted by Gasteiger charge is 2.57. The van der Waals surface area contributed by atoms with E-state index in [0.717, 1.165) is 25.0 Å². The van der Waals surface area contributed by atoms with Crippen molar-refractivity contribution in [2.75, 3.05) is 6.54 Å². The van der Waals surface area contributed by atoms with Crippen molar-refractivity contribution in [2.45, 2.75) is 37.8 Å². The van der Waals surface area contributed by atoms with Crippen LogP contribution in [0.3, 0.4) is 0 Å². The summed E-state index contributed by atoms with van der Waals surface area (Å²) in [6.07, 6.45) is 5.76. The third-order valence-electron chi connectivity index (χ3n) is 6.55. The van der Waals surface area contributed by atoms with Gasteiger partial charge in [-0.3, -0.25) is 9.59 Å². The Balaban J connectivity index is 1.26. The van der Waals surface area contributed by atoms with Gasteiger partial charge in [0.1, 0.15) is 11.5 Å². The summed E-state index contributed by atoms with van der Waals surface area (Å²) >= 11 is 0. The Labute approximate surface area is 163 Å². The lowest BCUT2D eigenvalue weighted by molar-refractivity contribution is -0.146. The van der Waals surface area contributed by atoms with Crippen LogP contribution in [0.2, 0.25) is 0 Å². The Kier molecular flexibility index (Phi) is 4.14. The molecule has 3 aliphatic carbocycles. The standard InChI is InChI=1S/C22H24N2O4/c25-20(23-10-9-16-4-3-11-27-16)18-12-15-8-7-14(18)13-22(15)24-21(26)17-5-1-2-6-19(17)28-22/h1-6,11,14-15,18H,7-10,12-13H2,(H,23,25)(H,24,26)/t14-,15+,18-,22-/m0/s1. The van der Waals surface area contributed by atoms with E-state index in [9.17, 15) is 9.59 Å². The van der Waals surface area contributed by atoms with Crippen LogP contribution in [0.15, 0.2) is 47.1 Å². The molecule has 28 heavy (non-hydrogen) atoms. The Bertz CT molecular complexity index is 894. The molecular formula is C22H24N2O4. The highest BCUT2D eigenvalue weighted by molar-refractivity contribution is 5.98. The van der Waals surface area contributed by atoms with Crippen LogP contribution < -0.4 is 15.4 Å². The van der Waals surface area contributed by atoms with Crippen LogP contribution in [0.5, 0.6) is 5.75 Å². The fourth-order valence-electron chi connectivity index (χ4n) is 5.18. The molecule has 1 aromatic carbocycles. The van der Waals surface area contributed by atoms with Crippen LogP contribution in [0, 0.1) is 17.8 Å². The minimum Gasteiger partial charge on any atom is -0.469 e. The maximum atomic E-state index is 12.8.